The summed E-state index contributed by atoms with van der Waals surface area (Å²) in [7, 11) is 0. The lowest BCUT2D eigenvalue weighted by Crippen LogP contribution is -2.00. The van der Waals surface area contributed by atoms with E-state index in [1.54, 1.807) is 18.4 Å². The van der Waals surface area contributed by atoms with E-state index >= 15 is 0 Å². The van der Waals surface area contributed by atoms with Crippen LogP contribution in [-0.2, 0) is 0 Å². The third kappa shape index (κ3) is 5.27. The molecule has 2 aromatic rings. The van der Waals surface area contributed by atoms with Crippen LogP contribution in [0, 0.1) is 6.92 Å². The predicted octanol–water partition coefficient (Wildman–Crippen LogP) is 4.03. The van der Waals surface area contributed by atoms with E-state index in [-0.39, 0.29) is 0 Å². The molecule has 0 radical (unpaired) electrons. The van der Waals surface area contributed by atoms with E-state index in [0.717, 1.165) is 16.4 Å². The number of hydrogen-bond acceptors (Lipinski definition) is 6. The lowest BCUT2D eigenvalue weighted by Gasteiger charge is -2.10. The average Bonchev–Trinajstić information content (AvgIpc) is 2.97. The van der Waals surface area contributed by atoms with Gasteiger partial charge in [0.05, 0.1) is 11.9 Å². The lowest BCUT2D eigenvalue weighted by molar-refractivity contribution is 0.344. The Morgan fingerprint density at radius 1 is 1.26 bits per heavy atom. The van der Waals surface area contributed by atoms with Gasteiger partial charge in [0.25, 0.3) is 0 Å². The SMILES string of the molecule is C=CCOc1ccc(C=NNc2nc(C)cs2)c(OCC=C)c1. The Morgan fingerprint density at radius 2 is 2.04 bits per heavy atom. The first-order valence-corrected chi connectivity index (χ1v) is 7.93. The summed E-state index contributed by atoms with van der Waals surface area (Å²) >= 11 is 1.50. The number of anilines is 1. The number of nitrogens with one attached hydrogen (secondary N) is 1. The van der Waals surface area contributed by atoms with E-state index in [2.05, 4.69) is 28.7 Å². The molecule has 0 aliphatic heterocycles. The number of hydrogen-bond donors (Lipinski definition) is 1. The Hall–Kier alpha value is -2.60. The summed E-state index contributed by atoms with van der Waals surface area (Å²) in [5.41, 5.74) is 4.70. The first kappa shape index (κ1) is 16.8. The topological polar surface area (TPSA) is 55.7 Å². The second kappa shape index (κ2) is 8.75. The van der Waals surface area contributed by atoms with Gasteiger partial charge in [-0.25, -0.2) is 4.98 Å². The van der Waals surface area contributed by atoms with E-state index < -0.39 is 0 Å². The Kier molecular flexibility index (Phi) is 6.38. The number of aryl methyl sites for hydroxylation is 1. The molecule has 0 aliphatic carbocycles. The van der Waals surface area contributed by atoms with Crippen molar-refractivity contribution >= 4 is 22.7 Å². The number of thiazole rings is 1. The van der Waals surface area contributed by atoms with Gasteiger partial charge < -0.3 is 9.47 Å². The standard InChI is InChI=1S/C17H19N3O2S/c1-4-8-21-15-7-6-14(16(10-15)22-9-5-2)11-18-20-17-19-13(3)12-23-17/h4-7,10-12H,1-2,8-9H2,3H3,(H,19,20). The minimum Gasteiger partial charge on any atom is -0.489 e. The molecule has 1 N–H and O–H groups in total. The molecule has 0 saturated heterocycles. The molecule has 1 heterocycles. The minimum absolute atomic E-state index is 0.408. The van der Waals surface area contributed by atoms with Gasteiger partial charge in [-0.3, -0.25) is 5.43 Å². The molecule has 6 heteroatoms. The highest BCUT2D eigenvalue weighted by molar-refractivity contribution is 7.13. The van der Waals surface area contributed by atoms with Crippen LogP contribution < -0.4 is 14.9 Å². The molecule has 0 spiro atoms. The summed E-state index contributed by atoms with van der Waals surface area (Å²) in [6, 6.07) is 5.57. The monoisotopic (exact) mass is 329 g/mol. The van der Waals surface area contributed by atoms with Crippen LogP contribution in [0.1, 0.15) is 11.3 Å². The summed E-state index contributed by atoms with van der Waals surface area (Å²) in [5, 5.41) is 6.90. The maximum atomic E-state index is 5.66. The van der Waals surface area contributed by atoms with E-state index in [0.29, 0.717) is 24.7 Å². The van der Waals surface area contributed by atoms with Crippen LogP contribution in [0.5, 0.6) is 11.5 Å². The van der Waals surface area contributed by atoms with Crippen molar-refractivity contribution < 1.29 is 9.47 Å². The molecule has 0 fully saturated rings. The van der Waals surface area contributed by atoms with Crippen LogP contribution in [0.25, 0.3) is 0 Å². The van der Waals surface area contributed by atoms with Crippen LogP contribution in [0.4, 0.5) is 5.13 Å². The summed E-state index contributed by atoms with van der Waals surface area (Å²) in [5.74, 6) is 1.39. The number of nitrogens with zero attached hydrogens (tertiary/aromatic N) is 2. The van der Waals surface area contributed by atoms with E-state index in [9.17, 15) is 0 Å². The first-order chi connectivity index (χ1) is 11.2. The molecule has 5 nitrogen and oxygen atoms in total. The van der Waals surface area contributed by atoms with Crippen molar-refractivity contribution in [2.45, 2.75) is 6.92 Å². The summed E-state index contributed by atoms with van der Waals surface area (Å²) in [6.45, 7) is 10.1. The Morgan fingerprint density at radius 3 is 2.74 bits per heavy atom. The van der Waals surface area contributed by atoms with Gasteiger partial charge in [0.1, 0.15) is 24.7 Å². The smallest absolute Gasteiger partial charge is 0.203 e. The number of hydrazone groups is 1. The second-order valence-electron chi connectivity index (χ2n) is 4.56. The van der Waals surface area contributed by atoms with Crippen molar-refractivity contribution in [2.75, 3.05) is 18.6 Å². The first-order valence-electron chi connectivity index (χ1n) is 7.05. The van der Waals surface area contributed by atoms with Crippen LogP contribution in [0.15, 0.2) is 54.0 Å². The van der Waals surface area contributed by atoms with Crippen molar-refractivity contribution in [3.63, 3.8) is 0 Å². The van der Waals surface area contributed by atoms with Crippen LogP contribution in [-0.4, -0.2) is 24.4 Å². The fraction of sp³-hybridized carbons (Fsp3) is 0.176. The molecule has 1 aromatic heterocycles. The lowest BCUT2D eigenvalue weighted by atomic mass is 10.2. The van der Waals surface area contributed by atoms with E-state index in [1.165, 1.54) is 11.3 Å². The highest BCUT2D eigenvalue weighted by Gasteiger charge is 2.04. The average molecular weight is 329 g/mol. The van der Waals surface area contributed by atoms with Gasteiger partial charge in [-0.1, -0.05) is 25.3 Å². The highest BCUT2D eigenvalue weighted by atomic mass is 32.1. The number of benzene rings is 1. The van der Waals surface area contributed by atoms with Gasteiger partial charge in [-0.2, -0.15) is 5.10 Å². The van der Waals surface area contributed by atoms with Crippen LogP contribution in [0.2, 0.25) is 0 Å². The van der Waals surface area contributed by atoms with Gasteiger partial charge in [0, 0.05) is 17.0 Å². The van der Waals surface area contributed by atoms with Crippen molar-refractivity contribution in [1.82, 2.24) is 4.98 Å². The fourth-order valence-electron chi connectivity index (χ4n) is 1.70. The number of rotatable bonds is 9. The summed E-state index contributed by atoms with van der Waals surface area (Å²) in [6.07, 6.45) is 5.07. The highest BCUT2D eigenvalue weighted by Crippen LogP contribution is 2.24. The predicted molar refractivity (Wildman–Crippen MR) is 95.9 cm³/mol. The molecule has 0 amide bonds. The van der Waals surface area contributed by atoms with Crippen LogP contribution in [0.3, 0.4) is 0 Å². The fourth-order valence-corrected chi connectivity index (χ4v) is 2.34. The third-order valence-corrected chi connectivity index (χ3v) is 3.56. The van der Waals surface area contributed by atoms with E-state index in [4.69, 9.17) is 9.47 Å². The Balaban J connectivity index is 2.11. The minimum atomic E-state index is 0.408. The molecule has 0 saturated carbocycles. The quantitative estimate of drug-likeness (QED) is 0.429. The molecule has 23 heavy (non-hydrogen) atoms. The number of ether oxygens (including phenoxy) is 2. The maximum Gasteiger partial charge on any atom is 0.203 e. The van der Waals surface area contributed by atoms with E-state index in [1.807, 2.05) is 30.5 Å². The Labute approximate surface area is 140 Å². The van der Waals surface area contributed by atoms with Gasteiger partial charge in [0.2, 0.25) is 5.13 Å². The molecule has 0 aliphatic rings. The molecule has 0 atom stereocenters. The van der Waals surface area contributed by atoms with Gasteiger partial charge in [0.15, 0.2) is 0 Å². The zero-order valence-corrected chi connectivity index (χ0v) is 13.8. The third-order valence-electron chi connectivity index (χ3n) is 2.69. The van der Waals surface area contributed by atoms with Crippen molar-refractivity contribution in [1.29, 1.82) is 0 Å². The van der Waals surface area contributed by atoms with Crippen molar-refractivity contribution in [3.8, 4) is 11.5 Å². The summed E-state index contributed by atoms with van der Waals surface area (Å²) in [4.78, 5) is 4.28. The largest absolute Gasteiger partial charge is 0.489 e. The van der Waals surface area contributed by atoms with Gasteiger partial charge >= 0.3 is 0 Å². The second-order valence-corrected chi connectivity index (χ2v) is 5.42. The molecular weight excluding hydrogens is 310 g/mol. The Bertz CT molecular complexity index is 695. The van der Waals surface area contributed by atoms with Crippen molar-refractivity contribution in [3.05, 3.63) is 60.1 Å². The molecule has 120 valence electrons. The molecule has 1 aromatic carbocycles. The zero-order chi connectivity index (χ0) is 16.5. The maximum absolute atomic E-state index is 5.66. The zero-order valence-electron chi connectivity index (χ0n) is 13.0. The molecule has 0 unspecified atom stereocenters. The normalized spacial score (nSPS) is 10.5. The van der Waals surface area contributed by atoms with Crippen LogP contribution >= 0.6 is 11.3 Å². The molecular formula is C17H19N3O2S. The molecule has 0 bridgehead atoms. The van der Waals surface area contributed by atoms with Crippen molar-refractivity contribution in [2.24, 2.45) is 5.10 Å². The van der Waals surface area contributed by atoms with Gasteiger partial charge in [-0.15, -0.1) is 11.3 Å². The summed E-state index contributed by atoms with van der Waals surface area (Å²) < 4.78 is 11.2. The number of aromatic nitrogens is 1. The molecule has 2 rings (SSSR count). The van der Waals surface area contributed by atoms with Gasteiger partial charge in [-0.05, 0) is 19.1 Å².